The maximum Gasteiger partial charge on any atom is 0.359 e. The molecule has 0 fully saturated rings. The zero-order chi connectivity index (χ0) is 21.3. The van der Waals surface area contributed by atoms with Gasteiger partial charge in [0.25, 0.3) is 11.5 Å². The Balaban J connectivity index is 1.92. The molecule has 0 aliphatic rings. The summed E-state index contributed by atoms with van der Waals surface area (Å²) < 4.78 is 6.21. The lowest BCUT2D eigenvalue weighted by atomic mass is 10.2. The number of benzene rings is 1. The number of aromatic nitrogens is 2. The third kappa shape index (κ3) is 3.74. The number of thiophene rings is 2. The van der Waals surface area contributed by atoms with Crippen LogP contribution in [0.5, 0.6) is 0 Å². The van der Waals surface area contributed by atoms with Crippen molar-refractivity contribution < 1.29 is 14.3 Å². The van der Waals surface area contributed by atoms with Crippen molar-refractivity contribution in [3.8, 4) is 5.69 Å². The number of esters is 1. The molecule has 1 amide bonds. The van der Waals surface area contributed by atoms with Gasteiger partial charge in [-0.2, -0.15) is 21.1 Å². The molecule has 0 unspecified atom stereocenters. The smallest absolute Gasteiger partial charge is 0.359 e. The summed E-state index contributed by atoms with van der Waals surface area (Å²) in [5.41, 5.74) is 0.374. The molecule has 30 heavy (non-hydrogen) atoms. The second-order valence-corrected chi connectivity index (χ2v) is 8.18. The van der Waals surface area contributed by atoms with E-state index in [0.29, 0.717) is 26.7 Å². The number of ether oxygens (including phenoxy) is 1. The number of nitrogens with one attached hydrogen (secondary N) is 1. The average molecular weight is 460 g/mol. The van der Waals surface area contributed by atoms with Crippen molar-refractivity contribution in [1.29, 1.82) is 0 Å². The molecular formula is C20H14ClN3O4S2. The number of anilines is 1. The van der Waals surface area contributed by atoms with E-state index in [1.54, 1.807) is 53.4 Å². The maximum atomic E-state index is 13.3. The van der Waals surface area contributed by atoms with Gasteiger partial charge in [-0.3, -0.25) is 9.59 Å². The van der Waals surface area contributed by atoms with Crippen LogP contribution in [0, 0.1) is 0 Å². The Morgan fingerprint density at radius 3 is 2.80 bits per heavy atom. The Morgan fingerprint density at radius 1 is 1.27 bits per heavy atom. The minimum Gasteiger partial charge on any atom is -0.461 e. The fourth-order valence-corrected chi connectivity index (χ4v) is 4.60. The summed E-state index contributed by atoms with van der Waals surface area (Å²) >= 11 is 8.60. The summed E-state index contributed by atoms with van der Waals surface area (Å²) in [5.74, 6) is -1.00. The predicted molar refractivity (Wildman–Crippen MR) is 118 cm³/mol. The van der Waals surface area contributed by atoms with Crippen molar-refractivity contribution in [3.05, 3.63) is 73.1 Å². The van der Waals surface area contributed by atoms with E-state index in [2.05, 4.69) is 10.4 Å². The first-order valence-electron chi connectivity index (χ1n) is 8.80. The van der Waals surface area contributed by atoms with Gasteiger partial charge >= 0.3 is 5.97 Å². The number of hydrogen-bond donors (Lipinski definition) is 1. The van der Waals surface area contributed by atoms with Crippen LogP contribution >= 0.6 is 34.3 Å². The summed E-state index contributed by atoms with van der Waals surface area (Å²) in [7, 11) is 0. The number of hydrogen-bond acceptors (Lipinski definition) is 7. The highest BCUT2D eigenvalue weighted by Crippen LogP contribution is 2.31. The summed E-state index contributed by atoms with van der Waals surface area (Å²) in [6, 6.07) is 8.24. The van der Waals surface area contributed by atoms with Gasteiger partial charge in [-0.05, 0) is 36.6 Å². The van der Waals surface area contributed by atoms with Crippen LogP contribution < -0.4 is 10.9 Å². The molecule has 1 N–H and O–H groups in total. The molecule has 4 rings (SSSR count). The third-order valence-corrected chi connectivity index (χ3v) is 6.00. The first kappa shape index (κ1) is 20.3. The first-order chi connectivity index (χ1) is 14.5. The van der Waals surface area contributed by atoms with E-state index < -0.39 is 11.5 Å². The number of carbonyl (C=O) groups is 2. The topological polar surface area (TPSA) is 90.3 Å². The van der Waals surface area contributed by atoms with Gasteiger partial charge in [0.2, 0.25) is 0 Å². The molecular weight excluding hydrogens is 446 g/mol. The minimum atomic E-state index is -0.660. The predicted octanol–water partition coefficient (Wildman–Crippen LogP) is 4.59. The number of nitrogens with zero attached hydrogens (tertiary/aromatic N) is 2. The second-order valence-electron chi connectivity index (χ2n) is 6.09. The van der Waals surface area contributed by atoms with E-state index in [1.165, 1.54) is 11.3 Å². The van der Waals surface area contributed by atoms with Crippen LogP contribution in [0.15, 0.2) is 51.3 Å². The molecule has 0 aliphatic carbocycles. The minimum absolute atomic E-state index is 0.0151. The van der Waals surface area contributed by atoms with Crippen molar-refractivity contribution >= 4 is 61.9 Å². The van der Waals surface area contributed by atoms with Gasteiger partial charge in [0, 0.05) is 21.2 Å². The molecule has 1 aromatic carbocycles. The number of halogens is 1. The van der Waals surface area contributed by atoms with Crippen molar-refractivity contribution in [1.82, 2.24) is 9.78 Å². The molecule has 0 radical (unpaired) electrons. The SMILES string of the molecule is CCOC(=O)c1nn(-c2cccc(Cl)c2)c(=O)c2c(NC(=O)c3ccsc3)scc12. The highest BCUT2D eigenvalue weighted by Gasteiger charge is 2.23. The van der Waals surface area contributed by atoms with Crippen molar-refractivity contribution in [3.63, 3.8) is 0 Å². The fraction of sp³-hybridized carbons (Fsp3) is 0.100. The molecule has 0 aliphatic heterocycles. The van der Waals surface area contributed by atoms with Crippen LogP contribution in [-0.4, -0.2) is 28.3 Å². The van der Waals surface area contributed by atoms with E-state index in [4.69, 9.17) is 16.3 Å². The summed E-state index contributed by atoms with van der Waals surface area (Å²) in [4.78, 5) is 38.3. The molecule has 3 heterocycles. The fourth-order valence-electron chi connectivity index (χ4n) is 2.84. The standard InChI is InChI=1S/C20H14ClN3O4S2/c1-2-28-20(27)16-14-10-30-18(22-17(25)11-6-7-29-9-11)15(14)19(26)24(23-16)13-5-3-4-12(21)8-13/h3-10H,2H2,1H3,(H,22,25). The molecule has 3 aromatic heterocycles. The number of fused-ring (bicyclic) bond motifs is 1. The van der Waals surface area contributed by atoms with Crippen LogP contribution in [0.25, 0.3) is 16.5 Å². The molecule has 152 valence electrons. The van der Waals surface area contributed by atoms with Gasteiger partial charge in [0.05, 0.1) is 23.2 Å². The van der Waals surface area contributed by atoms with Gasteiger partial charge in [0.15, 0.2) is 5.69 Å². The van der Waals surface area contributed by atoms with Gasteiger partial charge in [-0.1, -0.05) is 17.7 Å². The van der Waals surface area contributed by atoms with Crippen molar-refractivity contribution in [2.75, 3.05) is 11.9 Å². The van der Waals surface area contributed by atoms with Gasteiger partial charge in [-0.15, -0.1) is 11.3 Å². The van der Waals surface area contributed by atoms with Crippen LogP contribution in [0.1, 0.15) is 27.8 Å². The van der Waals surface area contributed by atoms with E-state index in [0.717, 1.165) is 16.0 Å². The second kappa shape index (κ2) is 8.39. The Labute approximate surface area is 183 Å². The average Bonchev–Trinajstić information content (AvgIpc) is 3.39. The lowest BCUT2D eigenvalue weighted by molar-refractivity contribution is 0.0520. The summed E-state index contributed by atoms with van der Waals surface area (Å²) in [6.07, 6.45) is 0. The van der Waals surface area contributed by atoms with Crippen LogP contribution in [0.2, 0.25) is 5.02 Å². The van der Waals surface area contributed by atoms with Gasteiger partial charge < -0.3 is 10.1 Å². The Morgan fingerprint density at radius 2 is 2.10 bits per heavy atom. The summed E-state index contributed by atoms with van der Waals surface area (Å²) in [5, 5.41) is 13.4. The van der Waals surface area contributed by atoms with E-state index in [-0.39, 0.29) is 23.6 Å². The quantitative estimate of drug-likeness (QED) is 0.441. The van der Waals surface area contributed by atoms with E-state index in [9.17, 15) is 14.4 Å². The van der Waals surface area contributed by atoms with E-state index in [1.807, 2.05) is 0 Å². The van der Waals surface area contributed by atoms with Crippen LogP contribution in [0.4, 0.5) is 5.00 Å². The molecule has 10 heteroatoms. The molecule has 0 bridgehead atoms. The summed E-state index contributed by atoms with van der Waals surface area (Å²) in [6.45, 7) is 1.84. The molecule has 0 atom stereocenters. The normalized spacial score (nSPS) is 10.9. The third-order valence-electron chi connectivity index (χ3n) is 4.18. The Bertz CT molecular complexity index is 1310. The number of rotatable bonds is 5. The molecule has 7 nitrogen and oxygen atoms in total. The largest absolute Gasteiger partial charge is 0.461 e. The maximum absolute atomic E-state index is 13.3. The monoisotopic (exact) mass is 459 g/mol. The first-order valence-corrected chi connectivity index (χ1v) is 11.0. The molecule has 0 saturated heterocycles. The zero-order valence-corrected chi connectivity index (χ0v) is 17.9. The molecule has 0 spiro atoms. The highest BCUT2D eigenvalue weighted by molar-refractivity contribution is 7.16. The highest BCUT2D eigenvalue weighted by atomic mass is 35.5. The Kier molecular flexibility index (Phi) is 5.67. The zero-order valence-electron chi connectivity index (χ0n) is 15.5. The Hall–Kier alpha value is -3.01. The molecule has 4 aromatic rings. The number of carbonyl (C=O) groups excluding carboxylic acids is 2. The van der Waals surface area contributed by atoms with Crippen molar-refractivity contribution in [2.45, 2.75) is 6.92 Å². The van der Waals surface area contributed by atoms with Crippen LogP contribution in [0.3, 0.4) is 0 Å². The van der Waals surface area contributed by atoms with Gasteiger partial charge in [0.1, 0.15) is 5.00 Å². The lowest BCUT2D eigenvalue weighted by Crippen LogP contribution is -2.25. The van der Waals surface area contributed by atoms with E-state index >= 15 is 0 Å². The van der Waals surface area contributed by atoms with Crippen molar-refractivity contribution in [2.24, 2.45) is 0 Å². The van der Waals surface area contributed by atoms with Crippen LogP contribution in [-0.2, 0) is 4.74 Å². The lowest BCUT2D eigenvalue weighted by Gasteiger charge is -2.10. The molecule has 0 saturated carbocycles. The number of amides is 1. The van der Waals surface area contributed by atoms with Gasteiger partial charge in [-0.25, -0.2) is 4.79 Å².